The molecule has 5 nitrogen and oxygen atoms in total. The van der Waals surface area contributed by atoms with Crippen molar-refractivity contribution in [1.82, 2.24) is 0 Å². The topological polar surface area (TPSA) is 66.5 Å². The molecule has 0 atom stereocenters. The standard InChI is InChI=1S/C21H20N2O3/c1-15(24)17-7-9-18(10-8-17)22-20(25)13-6-16-4-11-19(12-5-16)23-14-2-3-21(23)26/h4-13H,2-3,14H2,1H3,(H,22,25). The Bertz CT molecular complexity index is 852. The minimum atomic E-state index is -0.251. The van der Waals surface area contributed by atoms with E-state index in [1.807, 2.05) is 24.3 Å². The largest absolute Gasteiger partial charge is 0.323 e. The van der Waals surface area contributed by atoms with Crippen molar-refractivity contribution >= 4 is 35.0 Å². The van der Waals surface area contributed by atoms with Crippen molar-refractivity contribution in [2.75, 3.05) is 16.8 Å². The van der Waals surface area contributed by atoms with Gasteiger partial charge in [0.05, 0.1) is 0 Å². The van der Waals surface area contributed by atoms with E-state index in [-0.39, 0.29) is 17.6 Å². The highest BCUT2D eigenvalue weighted by Crippen LogP contribution is 2.22. The van der Waals surface area contributed by atoms with E-state index < -0.39 is 0 Å². The number of hydrogen-bond acceptors (Lipinski definition) is 3. The molecule has 0 aromatic heterocycles. The van der Waals surface area contributed by atoms with Crippen molar-refractivity contribution in [3.63, 3.8) is 0 Å². The Labute approximate surface area is 152 Å². The van der Waals surface area contributed by atoms with E-state index in [0.29, 0.717) is 17.7 Å². The quantitative estimate of drug-likeness (QED) is 0.662. The SMILES string of the molecule is CC(=O)c1ccc(NC(=O)C=Cc2ccc(N3CCCC3=O)cc2)cc1. The average molecular weight is 348 g/mol. The minimum Gasteiger partial charge on any atom is -0.323 e. The molecule has 2 aromatic carbocycles. The van der Waals surface area contributed by atoms with E-state index in [9.17, 15) is 14.4 Å². The van der Waals surface area contributed by atoms with Crippen LogP contribution >= 0.6 is 0 Å². The van der Waals surface area contributed by atoms with Crippen molar-refractivity contribution in [2.45, 2.75) is 19.8 Å². The molecule has 0 bridgehead atoms. The van der Waals surface area contributed by atoms with Crippen LogP contribution in [0.15, 0.2) is 54.6 Å². The van der Waals surface area contributed by atoms with Gasteiger partial charge in [0.2, 0.25) is 11.8 Å². The maximum atomic E-state index is 12.0. The van der Waals surface area contributed by atoms with Crippen molar-refractivity contribution in [3.05, 3.63) is 65.7 Å². The van der Waals surface area contributed by atoms with E-state index in [2.05, 4.69) is 5.32 Å². The van der Waals surface area contributed by atoms with Gasteiger partial charge in [-0.1, -0.05) is 12.1 Å². The second-order valence-electron chi connectivity index (χ2n) is 6.20. The van der Waals surface area contributed by atoms with E-state index in [4.69, 9.17) is 0 Å². The molecule has 0 spiro atoms. The molecule has 1 heterocycles. The van der Waals surface area contributed by atoms with E-state index in [0.717, 1.165) is 24.2 Å². The van der Waals surface area contributed by atoms with Gasteiger partial charge >= 0.3 is 0 Å². The zero-order valence-electron chi connectivity index (χ0n) is 14.6. The van der Waals surface area contributed by atoms with Crippen LogP contribution in [-0.4, -0.2) is 24.1 Å². The summed E-state index contributed by atoms with van der Waals surface area (Å²) >= 11 is 0. The van der Waals surface area contributed by atoms with Gasteiger partial charge in [-0.25, -0.2) is 0 Å². The predicted molar refractivity (Wildman–Crippen MR) is 102 cm³/mol. The summed E-state index contributed by atoms with van der Waals surface area (Å²) in [5.41, 5.74) is 3.00. The van der Waals surface area contributed by atoms with Crippen molar-refractivity contribution in [3.8, 4) is 0 Å². The zero-order valence-corrected chi connectivity index (χ0v) is 14.6. The number of carbonyl (C=O) groups excluding carboxylic acids is 3. The van der Waals surface area contributed by atoms with E-state index in [1.54, 1.807) is 35.2 Å². The Morgan fingerprint density at radius 1 is 1.04 bits per heavy atom. The lowest BCUT2D eigenvalue weighted by atomic mass is 10.1. The van der Waals surface area contributed by atoms with Crippen LogP contribution in [-0.2, 0) is 9.59 Å². The van der Waals surface area contributed by atoms with E-state index >= 15 is 0 Å². The van der Waals surface area contributed by atoms with Crippen LogP contribution < -0.4 is 10.2 Å². The maximum Gasteiger partial charge on any atom is 0.248 e. The first-order valence-electron chi connectivity index (χ1n) is 8.53. The van der Waals surface area contributed by atoms with Crippen molar-refractivity contribution in [2.24, 2.45) is 0 Å². The van der Waals surface area contributed by atoms with Gasteiger partial charge in [0.25, 0.3) is 0 Å². The first kappa shape index (κ1) is 17.6. The Hall–Kier alpha value is -3.21. The molecule has 0 radical (unpaired) electrons. The fraction of sp³-hybridized carbons (Fsp3) is 0.190. The van der Waals surface area contributed by atoms with Crippen molar-refractivity contribution in [1.29, 1.82) is 0 Å². The van der Waals surface area contributed by atoms with Gasteiger partial charge in [-0.05, 0) is 61.4 Å². The molecule has 3 rings (SSSR count). The van der Waals surface area contributed by atoms with Gasteiger partial charge in [0.15, 0.2) is 5.78 Å². The van der Waals surface area contributed by atoms with Crippen LogP contribution in [0.3, 0.4) is 0 Å². The highest BCUT2D eigenvalue weighted by atomic mass is 16.2. The lowest BCUT2D eigenvalue weighted by Crippen LogP contribution is -2.23. The number of Topliss-reactive ketones (excluding diaryl/α,β-unsaturated/α-hetero) is 1. The summed E-state index contributed by atoms with van der Waals surface area (Å²) in [6.45, 7) is 2.26. The number of rotatable bonds is 5. The molecule has 0 unspecified atom stereocenters. The molecule has 1 fully saturated rings. The van der Waals surface area contributed by atoms with Crippen LogP contribution in [0.5, 0.6) is 0 Å². The molecule has 5 heteroatoms. The molecule has 26 heavy (non-hydrogen) atoms. The average Bonchev–Trinajstić information content (AvgIpc) is 3.07. The molecule has 1 aliphatic heterocycles. The number of benzene rings is 2. The molecular formula is C21H20N2O3. The van der Waals surface area contributed by atoms with Gasteiger partial charge in [0, 0.05) is 36.0 Å². The van der Waals surface area contributed by atoms with Gasteiger partial charge in [-0.15, -0.1) is 0 Å². The third kappa shape index (κ3) is 4.25. The van der Waals surface area contributed by atoms with Crippen LogP contribution in [0.1, 0.15) is 35.7 Å². The fourth-order valence-electron chi connectivity index (χ4n) is 2.83. The Balaban J connectivity index is 1.59. The summed E-state index contributed by atoms with van der Waals surface area (Å²) in [5.74, 6) is -0.107. The smallest absolute Gasteiger partial charge is 0.248 e. The monoisotopic (exact) mass is 348 g/mol. The van der Waals surface area contributed by atoms with Crippen LogP contribution in [0.2, 0.25) is 0 Å². The number of carbonyl (C=O) groups is 3. The summed E-state index contributed by atoms with van der Waals surface area (Å²) in [6, 6.07) is 14.3. The number of nitrogens with one attached hydrogen (secondary N) is 1. The first-order valence-corrected chi connectivity index (χ1v) is 8.53. The third-order valence-corrected chi connectivity index (χ3v) is 4.26. The first-order chi connectivity index (χ1) is 12.5. The number of nitrogens with zero attached hydrogens (tertiary/aromatic N) is 1. The highest BCUT2D eigenvalue weighted by molar-refractivity contribution is 6.02. The summed E-state index contributed by atoms with van der Waals surface area (Å²) in [5, 5.41) is 2.75. The maximum absolute atomic E-state index is 12.0. The van der Waals surface area contributed by atoms with Crippen molar-refractivity contribution < 1.29 is 14.4 Å². The normalized spacial score (nSPS) is 14.0. The summed E-state index contributed by atoms with van der Waals surface area (Å²) in [4.78, 5) is 36.8. The zero-order chi connectivity index (χ0) is 18.5. The molecule has 0 saturated carbocycles. The second-order valence-corrected chi connectivity index (χ2v) is 6.20. The number of ketones is 1. The number of anilines is 2. The predicted octanol–water partition coefficient (Wildman–Crippen LogP) is 3.67. The summed E-state index contributed by atoms with van der Waals surface area (Å²) in [6.07, 6.45) is 4.67. The fourth-order valence-corrected chi connectivity index (χ4v) is 2.83. The molecule has 2 amide bonds. The third-order valence-electron chi connectivity index (χ3n) is 4.26. The Morgan fingerprint density at radius 2 is 1.73 bits per heavy atom. The Kier molecular flexibility index (Phi) is 5.27. The van der Waals surface area contributed by atoms with E-state index in [1.165, 1.54) is 13.0 Å². The summed E-state index contributed by atoms with van der Waals surface area (Å²) in [7, 11) is 0. The highest BCUT2D eigenvalue weighted by Gasteiger charge is 2.21. The molecule has 2 aromatic rings. The molecule has 1 aliphatic rings. The number of hydrogen-bond donors (Lipinski definition) is 1. The summed E-state index contributed by atoms with van der Waals surface area (Å²) < 4.78 is 0. The lowest BCUT2D eigenvalue weighted by Gasteiger charge is -2.15. The van der Waals surface area contributed by atoms with Crippen LogP contribution in [0.4, 0.5) is 11.4 Å². The van der Waals surface area contributed by atoms with Gasteiger partial charge in [-0.2, -0.15) is 0 Å². The van der Waals surface area contributed by atoms with Gasteiger partial charge in [0.1, 0.15) is 0 Å². The van der Waals surface area contributed by atoms with Crippen LogP contribution in [0.25, 0.3) is 6.08 Å². The molecule has 1 saturated heterocycles. The minimum absolute atomic E-state index is 0.0122. The number of amides is 2. The molecular weight excluding hydrogens is 328 g/mol. The Morgan fingerprint density at radius 3 is 2.31 bits per heavy atom. The van der Waals surface area contributed by atoms with Gasteiger partial charge < -0.3 is 10.2 Å². The second kappa shape index (κ2) is 7.78. The molecule has 1 N–H and O–H groups in total. The lowest BCUT2D eigenvalue weighted by molar-refractivity contribution is -0.117. The van der Waals surface area contributed by atoms with Gasteiger partial charge in [-0.3, -0.25) is 14.4 Å². The molecule has 0 aliphatic carbocycles. The molecule has 132 valence electrons. The van der Waals surface area contributed by atoms with Crippen LogP contribution in [0, 0.1) is 0 Å².